The number of esters is 2. The Bertz CT molecular complexity index is 774. The minimum absolute atomic E-state index is 0.00593. The first-order chi connectivity index (χ1) is 27.5. The molecule has 0 heterocycles. The van der Waals surface area contributed by atoms with Crippen molar-refractivity contribution < 1.29 is 24.2 Å². The maximum atomic E-state index is 12.8. The number of ether oxygens (including phenoxy) is 2. The summed E-state index contributed by atoms with van der Waals surface area (Å²) in [7, 11) is 0. The minimum atomic E-state index is -0.00593. The van der Waals surface area contributed by atoms with Gasteiger partial charge in [0.25, 0.3) is 0 Å². The van der Waals surface area contributed by atoms with Crippen LogP contribution in [0.5, 0.6) is 0 Å². The Labute approximate surface area is 350 Å². The van der Waals surface area contributed by atoms with Gasteiger partial charge in [-0.25, -0.2) is 0 Å². The first-order valence-corrected chi connectivity index (χ1v) is 25.2. The zero-order valence-corrected chi connectivity index (χ0v) is 38.4. The number of aliphatic hydroxyl groups excluding tert-OH is 1. The van der Waals surface area contributed by atoms with Crippen LogP contribution in [0.3, 0.4) is 0 Å². The van der Waals surface area contributed by atoms with Crippen molar-refractivity contribution in [1.29, 1.82) is 0 Å². The van der Waals surface area contributed by atoms with E-state index in [1.165, 1.54) is 154 Å². The Balaban J connectivity index is 4.29. The highest BCUT2D eigenvalue weighted by Crippen LogP contribution is 2.20. The van der Waals surface area contributed by atoms with Gasteiger partial charge in [0.2, 0.25) is 0 Å². The van der Waals surface area contributed by atoms with E-state index in [2.05, 4.69) is 32.6 Å². The molecule has 0 aliphatic heterocycles. The van der Waals surface area contributed by atoms with E-state index < -0.39 is 0 Å². The Kier molecular flexibility index (Phi) is 44.0. The second kappa shape index (κ2) is 45.0. The molecule has 0 radical (unpaired) electrons. The van der Waals surface area contributed by atoms with Crippen LogP contribution in [-0.4, -0.2) is 60.4 Å². The second-order valence-corrected chi connectivity index (χ2v) is 17.3. The van der Waals surface area contributed by atoms with Gasteiger partial charge in [-0.1, -0.05) is 182 Å². The van der Waals surface area contributed by atoms with Gasteiger partial charge in [0.1, 0.15) is 12.2 Å². The molecule has 1 N–H and O–H groups in total. The third kappa shape index (κ3) is 39.7. The summed E-state index contributed by atoms with van der Waals surface area (Å²) >= 11 is 0. The molecule has 0 atom stereocenters. The molecule has 0 bridgehead atoms. The SMILES string of the molecule is CCCCCCCCC(CCCCCCCC)OC(=O)CCCCCCCN(CCO)CCCCCC(=O)OC(CCCCCCCC)CCCCCCCC. The monoisotopic (exact) mass is 794 g/mol. The molecule has 56 heavy (non-hydrogen) atoms. The van der Waals surface area contributed by atoms with Crippen LogP contribution in [0.4, 0.5) is 0 Å². The van der Waals surface area contributed by atoms with E-state index in [1.807, 2.05) is 0 Å². The number of rotatable bonds is 46. The highest BCUT2D eigenvalue weighted by atomic mass is 16.5. The van der Waals surface area contributed by atoms with E-state index in [4.69, 9.17) is 9.47 Å². The Morgan fingerprint density at radius 3 is 0.964 bits per heavy atom. The maximum absolute atomic E-state index is 12.8. The summed E-state index contributed by atoms with van der Waals surface area (Å²) in [6.45, 7) is 11.9. The van der Waals surface area contributed by atoms with Crippen molar-refractivity contribution in [1.82, 2.24) is 4.90 Å². The largest absolute Gasteiger partial charge is 0.462 e. The smallest absolute Gasteiger partial charge is 0.306 e. The number of aliphatic hydroxyl groups is 1. The molecule has 0 saturated carbocycles. The van der Waals surface area contributed by atoms with Gasteiger partial charge in [-0.05, 0) is 90.1 Å². The first-order valence-electron chi connectivity index (χ1n) is 25.2. The third-order valence-electron chi connectivity index (χ3n) is 11.7. The van der Waals surface area contributed by atoms with Crippen molar-refractivity contribution in [3.8, 4) is 0 Å². The second-order valence-electron chi connectivity index (χ2n) is 17.3. The first kappa shape index (κ1) is 54.9. The van der Waals surface area contributed by atoms with Crippen LogP contribution < -0.4 is 0 Å². The zero-order chi connectivity index (χ0) is 41.0. The van der Waals surface area contributed by atoms with Gasteiger partial charge in [-0.15, -0.1) is 0 Å². The molecule has 0 aromatic heterocycles. The lowest BCUT2D eigenvalue weighted by Crippen LogP contribution is -2.29. The molecule has 0 rings (SSSR count). The molecule has 0 spiro atoms. The van der Waals surface area contributed by atoms with Gasteiger partial charge in [-0.2, -0.15) is 0 Å². The Morgan fingerprint density at radius 2 is 0.643 bits per heavy atom. The van der Waals surface area contributed by atoms with Crippen LogP contribution in [0.15, 0.2) is 0 Å². The molecule has 0 aromatic carbocycles. The minimum Gasteiger partial charge on any atom is -0.462 e. The summed E-state index contributed by atoms with van der Waals surface area (Å²) in [5.41, 5.74) is 0. The molecule has 0 aliphatic carbocycles. The molecule has 0 fully saturated rings. The number of nitrogens with zero attached hydrogens (tertiary/aromatic N) is 1. The van der Waals surface area contributed by atoms with Crippen molar-refractivity contribution >= 4 is 11.9 Å². The molecule has 0 aliphatic rings. The summed E-state index contributed by atoms with van der Waals surface area (Å²) in [4.78, 5) is 27.9. The van der Waals surface area contributed by atoms with Crippen LogP contribution in [0.2, 0.25) is 0 Å². The van der Waals surface area contributed by atoms with Gasteiger partial charge in [0, 0.05) is 19.4 Å². The van der Waals surface area contributed by atoms with E-state index in [1.54, 1.807) is 0 Å². The predicted octanol–water partition coefficient (Wildman–Crippen LogP) is 15.0. The Hall–Kier alpha value is -1.14. The standard InChI is InChI=1S/C50H99NO5/c1-5-9-13-17-22-29-37-47(38-30-23-18-14-10-6-2)55-49(53)41-33-26-21-27-35-43-51(45-46-52)44-36-28-34-42-50(54)56-48(39-31-24-19-15-11-7-3)40-32-25-20-16-12-8-4/h47-48,52H,5-46H2,1-4H3. The molecular weight excluding hydrogens is 695 g/mol. The fourth-order valence-electron chi connectivity index (χ4n) is 8.02. The maximum Gasteiger partial charge on any atom is 0.306 e. The summed E-state index contributed by atoms with van der Waals surface area (Å²) < 4.78 is 12.1. The summed E-state index contributed by atoms with van der Waals surface area (Å²) in [6, 6.07) is 0. The quantitative estimate of drug-likeness (QED) is 0.0489. The van der Waals surface area contributed by atoms with Crippen LogP contribution in [0.1, 0.15) is 272 Å². The van der Waals surface area contributed by atoms with Gasteiger partial charge >= 0.3 is 11.9 Å². The molecule has 0 amide bonds. The number of carbonyl (C=O) groups excluding carboxylic acids is 2. The van der Waals surface area contributed by atoms with E-state index in [-0.39, 0.29) is 30.8 Å². The van der Waals surface area contributed by atoms with Gasteiger partial charge in [0.05, 0.1) is 6.61 Å². The summed E-state index contributed by atoms with van der Waals surface area (Å²) in [5.74, 6) is 0.00379. The number of unbranched alkanes of at least 4 members (excludes halogenated alkanes) is 26. The van der Waals surface area contributed by atoms with Crippen molar-refractivity contribution in [2.24, 2.45) is 0 Å². The van der Waals surface area contributed by atoms with Crippen molar-refractivity contribution in [2.75, 3.05) is 26.2 Å². The van der Waals surface area contributed by atoms with Gasteiger partial charge in [-0.3, -0.25) is 9.59 Å². The van der Waals surface area contributed by atoms with E-state index in [0.29, 0.717) is 19.4 Å². The van der Waals surface area contributed by atoms with Crippen molar-refractivity contribution in [2.45, 2.75) is 284 Å². The zero-order valence-electron chi connectivity index (χ0n) is 38.4. The molecule has 0 unspecified atom stereocenters. The molecule has 6 nitrogen and oxygen atoms in total. The number of hydrogen-bond donors (Lipinski definition) is 1. The topological polar surface area (TPSA) is 76.1 Å². The van der Waals surface area contributed by atoms with Crippen LogP contribution >= 0.6 is 0 Å². The van der Waals surface area contributed by atoms with E-state index in [9.17, 15) is 14.7 Å². The average Bonchev–Trinajstić information content (AvgIpc) is 3.19. The van der Waals surface area contributed by atoms with E-state index >= 15 is 0 Å². The number of carbonyl (C=O) groups is 2. The predicted molar refractivity (Wildman–Crippen MR) is 241 cm³/mol. The van der Waals surface area contributed by atoms with Crippen LogP contribution in [0.25, 0.3) is 0 Å². The lowest BCUT2D eigenvalue weighted by Gasteiger charge is -2.21. The molecule has 334 valence electrons. The summed E-state index contributed by atoms with van der Waals surface area (Å²) in [6.07, 6.45) is 44.4. The Morgan fingerprint density at radius 1 is 0.375 bits per heavy atom. The van der Waals surface area contributed by atoms with E-state index in [0.717, 1.165) is 90.1 Å². The summed E-state index contributed by atoms with van der Waals surface area (Å²) in [5, 5.41) is 9.65. The normalized spacial score (nSPS) is 11.7. The van der Waals surface area contributed by atoms with Crippen LogP contribution in [0, 0.1) is 0 Å². The fraction of sp³-hybridized carbons (Fsp3) is 0.960. The van der Waals surface area contributed by atoms with Crippen molar-refractivity contribution in [3.05, 3.63) is 0 Å². The van der Waals surface area contributed by atoms with Gasteiger partial charge in [0.15, 0.2) is 0 Å². The van der Waals surface area contributed by atoms with Crippen molar-refractivity contribution in [3.63, 3.8) is 0 Å². The fourth-order valence-corrected chi connectivity index (χ4v) is 8.02. The van der Waals surface area contributed by atoms with Crippen LogP contribution in [-0.2, 0) is 19.1 Å². The molecular formula is C50H99NO5. The highest BCUT2D eigenvalue weighted by Gasteiger charge is 2.16. The third-order valence-corrected chi connectivity index (χ3v) is 11.7. The number of hydrogen-bond acceptors (Lipinski definition) is 6. The molecule has 0 aromatic rings. The molecule has 6 heteroatoms. The average molecular weight is 794 g/mol. The van der Waals surface area contributed by atoms with Gasteiger partial charge < -0.3 is 19.5 Å². The lowest BCUT2D eigenvalue weighted by atomic mass is 10.0. The highest BCUT2D eigenvalue weighted by molar-refractivity contribution is 5.69. The molecule has 0 saturated heterocycles. The lowest BCUT2D eigenvalue weighted by molar-refractivity contribution is -0.151.